The molecule has 0 saturated heterocycles. The maximum Gasteiger partial charge on any atom is 0.157 e. The minimum absolute atomic E-state index is 0.0461. The lowest BCUT2D eigenvalue weighted by Gasteiger charge is -2.04. The van der Waals surface area contributed by atoms with Crippen LogP contribution in [0.25, 0.3) is 0 Å². The molecule has 0 unspecified atom stereocenters. The zero-order valence-electron chi connectivity index (χ0n) is 10.6. The van der Waals surface area contributed by atoms with Gasteiger partial charge in [-0.05, 0) is 61.1 Å². The van der Waals surface area contributed by atoms with E-state index in [0.717, 1.165) is 36.3 Å². The van der Waals surface area contributed by atoms with E-state index in [9.17, 15) is 10.2 Å². The van der Waals surface area contributed by atoms with Crippen molar-refractivity contribution in [1.29, 1.82) is 0 Å². The Labute approximate surface area is 118 Å². The van der Waals surface area contributed by atoms with Crippen molar-refractivity contribution in [1.82, 2.24) is 0 Å². The number of aryl methyl sites for hydroxylation is 2. The van der Waals surface area contributed by atoms with E-state index < -0.39 is 0 Å². The lowest BCUT2D eigenvalue weighted by molar-refractivity contribution is 0.403. The highest BCUT2D eigenvalue weighted by Crippen LogP contribution is 2.25. The van der Waals surface area contributed by atoms with Gasteiger partial charge >= 0.3 is 0 Å². The maximum atomic E-state index is 9.40. The molecular formula is C16H17ClO2. The number of benzene rings is 2. The Morgan fingerprint density at radius 2 is 1.32 bits per heavy atom. The lowest BCUT2D eigenvalue weighted by atomic mass is 10.0. The van der Waals surface area contributed by atoms with E-state index in [-0.39, 0.29) is 11.5 Å². The molecule has 3 heteroatoms. The molecule has 0 radical (unpaired) electrons. The summed E-state index contributed by atoms with van der Waals surface area (Å²) >= 11 is 5.84. The summed E-state index contributed by atoms with van der Waals surface area (Å²) < 4.78 is 0. The third kappa shape index (κ3) is 4.18. The van der Waals surface area contributed by atoms with Crippen LogP contribution >= 0.6 is 11.6 Å². The summed E-state index contributed by atoms with van der Waals surface area (Å²) in [6.07, 6.45) is 4.07. The van der Waals surface area contributed by atoms with Gasteiger partial charge in [0.15, 0.2) is 11.5 Å². The van der Waals surface area contributed by atoms with E-state index in [2.05, 4.69) is 12.1 Å². The van der Waals surface area contributed by atoms with Crippen molar-refractivity contribution in [3.8, 4) is 11.5 Å². The molecule has 0 heterocycles. The van der Waals surface area contributed by atoms with Gasteiger partial charge in [-0.25, -0.2) is 0 Å². The van der Waals surface area contributed by atoms with Crippen molar-refractivity contribution in [3.63, 3.8) is 0 Å². The highest BCUT2D eigenvalue weighted by molar-refractivity contribution is 6.30. The Hall–Kier alpha value is -1.67. The molecule has 0 aromatic heterocycles. The summed E-state index contributed by atoms with van der Waals surface area (Å²) in [5.41, 5.74) is 2.34. The normalized spacial score (nSPS) is 10.6. The zero-order valence-corrected chi connectivity index (χ0v) is 11.4. The fourth-order valence-electron chi connectivity index (χ4n) is 2.03. The quantitative estimate of drug-likeness (QED) is 0.631. The van der Waals surface area contributed by atoms with Crippen LogP contribution in [0.2, 0.25) is 5.02 Å². The zero-order chi connectivity index (χ0) is 13.7. The third-order valence-corrected chi connectivity index (χ3v) is 3.39. The number of rotatable bonds is 5. The summed E-state index contributed by atoms with van der Waals surface area (Å²) in [5, 5.41) is 19.4. The van der Waals surface area contributed by atoms with Crippen LogP contribution in [0.1, 0.15) is 24.0 Å². The maximum absolute atomic E-state index is 9.40. The first-order chi connectivity index (χ1) is 9.15. The molecule has 0 aliphatic heterocycles. The molecule has 2 rings (SSSR count). The summed E-state index contributed by atoms with van der Waals surface area (Å²) in [5.74, 6) is -0.111. The standard InChI is InChI=1S/C16H17ClO2/c17-14-8-5-12(6-9-14)3-1-2-4-13-7-10-15(18)16(19)11-13/h5-11,18-19H,1-4H2. The van der Waals surface area contributed by atoms with Gasteiger partial charge in [0.05, 0.1) is 0 Å². The average molecular weight is 277 g/mol. The fourth-order valence-corrected chi connectivity index (χ4v) is 2.16. The third-order valence-electron chi connectivity index (χ3n) is 3.13. The molecule has 19 heavy (non-hydrogen) atoms. The van der Waals surface area contributed by atoms with Gasteiger partial charge < -0.3 is 10.2 Å². The van der Waals surface area contributed by atoms with Gasteiger partial charge in [-0.2, -0.15) is 0 Å². The van der Waals surface area contributed by atoms with Crippen LogP contribution in [0.5, 0.6) is 11.5 Å². The van der Waals surface area contributed by atoms with E-state index in [1.165, 1.54) is 11.6 Å². The predicted octanol–water partition coefficient (Wildman–Crippen LogP) is 4.32. The van der Waals surface area contributed by atoms with Gasteiger partial charge in [0.1, 0.15) is 0 Å². The summed E-state index contributed by atoms with van der Waals surface area (Å²) in [7, 11) is 0. The van der Waals surface area contributed by atoms with E-state index >= 15 is 0 Å². The first-order valence-corrected chi connectivity index (χ1v) is 6.78. The highest BCUT2D eigenvalue weighted by atomic mass is 35.5. The van der Waals surface area contributed by atoms with Crippen LogP contribution in [0, 0.1) is 0 Å². The summed E-state index contributed by atoms with van der Waals surface area (Å²) in [4.78, 5) is 0. The highest BCUT2D eigenvalue weighted by Gasteiger charge is 2.01. The number of phenols is 2. The predicted molar refractivity (Wildman–Crippen MR) is 77.9 cm³/mol. The number of halogens is 1. The summed E-state index contributed by atoms with van der Waals surface area (Å²) in [6, 6.07) is 12.9. The van der Waals surface area contributed by atoms with E-state index in [1.54, 1.807) is 6.07 Å². The van der Waals surface area contributed by atoms with Crippen molar-refractivity contribution < 1.29 is 10.2 Å². The van der Waals surface area contributed by atoms with Gasteiger partial charge in [0.25, 0.3) is 0 Å². The number of aromatic hydroxyl groups is 2. The molecule has 0 atom stereocenters. The molecule has 0 bridgehead atoms. The van der Waals surface area contributed by atoms with Crippen molar-refractivity contribution in [2.24, 2.45) is 0 Å². The van der Waals surface area contributed by atoms with Crippen molar-refractivity contribution >= 4 is 11.6 Å². The minimum atomic E-state index is -0.0649. The van der Waals surface area contributed by atoms with Crippen LogP contribution in [0.15, 0.2) is 42.5 Å². The molecule has 100 valence electrons. The molecule has 2 nitrogen and oxygen atoms in total. The van der Waals surface area contributed by atoms with Crippen LogP contribution in [-0.4, -0.2) is 10.2 Å². The largest absolute Gasteiger partial charge is 0.504 e. The van der Waals surface area contributed by atoms with E-state index in [1.807, 2.05) is 18.2 Å². The Kier molecular flexibility index (Phi) is 4.69. The second-order valence-corrected chi connectivity index (χ2v) is 5.09. The van der Waals surface area contributed by atoms with Crippen molar-refractivity contribution in [2.45, 2.75) is 25.7 Å². The molecular weight excluding hydrogens is 260 g/mol. The van der Waals surface area contributed by atoms with Crippen LogP contribution in [-0.2, 0) is 12.8 Å². The van der Waals surface area contributed by atoms with E-state index in [0.29, 0.717) is 0 Å². The molecule has 0 aliphatic carbocycles. The van der Waals surface area contributed by atoms with Gasteiger partial charge in [-0.1, -0.05) is 29.8 Å². The van der Waals surface area contributed by atoms with E-state index in [4.69, 9.17) is 11.6 Å². The smallest absolute Gasteiger partial charge is 0.157 e. The number of hydrogen-bond donors (Lipinski definition) is 2. The first kappa shape index (κ1) is 13.8. The van der Waals surface area contributed by atoms with Crippen LogP contribution in [0.3, 0.4) is 0 Å². The number of phenolic OH excluding ortho intramolecular Hbond substituents is 2. The topological polar surface area (TPSA) is 40.5 Å². The summed E-state index contributed by atoms with van der Waals surface area (Å²) in [6.45, 7) is 0. The van der Waals surface area contributed by atoms with Gasteiger partial charge in [-0.15, -0.1) is 0 Å². The van der Waals surface area contributed by atoms with Crippen LogP contribution in [0.4, 0.5) is 0 Å². The number of unbranched alkanes of at least 4 members (excludes halogenated alkanes) is 1. The lowest BCUT2D eigenvalue weighted by Crippen LogP contribution is -1.89. The molecule has 2 N–H and O–H groups in total. The SMILES string of the molecule is Oc1ccc(CCCCc2ccc(Cl)cc2)cc1O. The Balaban J connectivity index is 1.77. The molecule has 0 aliphatic rings. The second kappa shape index (κ2) is 6.48. The van der Waals surface area contributed by atoms with Crippen LogP contribution < -0.4 is 0 Å². The van der Waals surface area contributed by atoms with Gasteiger partial charge in [-0.3, -0.25) is 0 Å². The second-order valence-electron chi connectivity index (χ2n) is 4.66. The minimum Gasteiger partial charge on any atom is -0.504 e. The van der Waals surface area contributed by atoms with Crippen molar-refractivity contribution in [2.75, 3.05) is 0 Å². The van der Waals surface area contributed by atoms with Gasteiger partial charge in [0, 0.05) is 5.02 Å². The Morgan fingerprint density at radius 1 is 0.737 bits per heavy atom. The fraction of sp³-hybridized carbons (Fsp3) is 0.250. The molecule has 0 fully saturated rings. The first-order valence-electron chi connectivity index (χ1n) is 6.40. The number of hydrogen-bond acceptors (Lipinski definition) is 2. The Morgan fingerprint density at radius 3 is 1.95 bits per heavy atom. The monoisotopic (exact) mass is 276 g/mol. The molecule has 2 aromatic carbocycles. The molecule has 0 amide bonds. The van der Waals surface area contributed by atoms with Crippen molar-refractivity contribution in [3.05, 3.63) is 58.6 Å². The van der Waals surface area contributed by atoms with Gasteiger partial charge in [0.2, 0.25) is 0 Å². The molecule has 2 aromatic rings. The molecule has 0 spiro atoms. The average Bonchev–Trinajstić information content (AvgIpc) is 2.41. The Bertz CT molecular complexity index is 535. The molecule has 0 saturated carbocycles.